The van der Waals surface area contributed by atoms with Crippen LogP contribution in [-0.4, -0.2) is 44.8 Å². The number of nitrogens with one attached hydrogen (secondary N) is 1. The SMILES string of the molecule is CN(CCS(C)(=O)=O)C(=N)C1CCCC1. The number of nitrogens with zero attached hydrogens (tertiary/aromatic N) is 1. The molecule has 0 radical (unpaired) electrons. The van der Waals surface area contributed by atoms with Gasteiger partial charge in [-0.3, -0.25) is 5.41 Å². The molecular formula is C10H20N2O2S. The van der Waals surface area contributed by atoms with Crippen molar-refractivity contribution in [2.45, 2.75) is 25.7 Å². The fourth-order valence-corrected chi connectivity index (χ4v) is 2.54. The molecule has 0 aromatic rings. The summed E-state index contributed by atoms with van der Waals surface area (Å²) in [4.78, 5) is 1.77. The topological polar surface area (TPSA) is 61.2 Å². The molecule has 1 saturated carbocycles. The molecule has 0 aliphatic heterocycles. The van der Waals surface area contributed by atoms with E-state index in [1.165, 1.54) is 19.1 Å². The maximum Gasteiger partial charge on any atom is 0.149 e. The molecule has 4 nitrogen and oxygen atoms in total. The van der Waals surface area contributed by atoms with Crippen LogP contribution in [-0.2, 0) is 9.84 Å². The Morgan fingerprint density at radius 1 is 1.40 bits per heavy atom. The minimum Gasteiger partial charge on any atom is -0.362 e. The molecule has 0 bridgehead atoms. The van der Waals surface area contributed by atoms with E-state index in [1.54, 1.807) is 4.90 Å². The van der Waals surface area contributed by atoms with Crippen molar-refractivity contribution >= 4 is 15.7 Å². The average molecular weight is 232 g/mol. The summed E-state index contributed by atoms with van der Waals surface area (Å²) in [5, 5.41) is 7.93. The number of hydrogen-bond donors (Lipinski definition) is 1. The van der Waals surface area contributed by atoms with Gasteiger partial charge in [0, 0.05) is 25.8 Å². The van der Waals surface area contributed by atoms with Gasteiger partial charge in [-0.1, -0.05) is 12.8 Å². The molecule has 1 aliphatic carbocycles. The van der Waals surface area contributed by atoms with Crippen LogP contribution in [0.15, 0.2) is 0 Å². The Morgan fingerprint density at radius 3 is 2.40 bits per heavy atom. The number of rotatable bonds is 4. The molecule has 5 heteroatoms. The fraction of sp³-hybridized carbons (Fsp3) is 0.900. The second kappa shape index (κ2) is 4.96. The third kappa shape index (κ3) is 4.20. The van der Waals surface area contributed by atoms with E-state index < -0.39 is 9.84 Å². The smallest absolute Gasteiger partial charge is 0.149 e. The first-order valence-electron chi connectivity index (χ1n) is 5.37. The second-order valence-electron chi connectivity index (χ2n) is 4.42. The van der Waals surface area contributed by atoms with E-state index in [-0.39, 0.29) is 5.75 Å². The summed E-state index contributed by atoms with van der Waals surface area (Å²) in [6.07, 6.45) is 5.81. The van der Waals surface area contributed by atoms with Crippen molar-refractivity contribution in [1.82, 2.24) is 4.90 Å². The monoisotopic (exact) mass is 232 g/mol. The minimum atomic E-state index is -2.91. The zero-order chi connectivity index (χ0) is 11.5. The number of sulfone groups is 1. The molecule has 0 spiro atoms. The van der Waals surface area contributed by atoms with E-state index in [2.05, 4.69) is 0 Å². The highest BCUT2D eigenvalue weighted by Crippen LogP contribution is 2.26. The summed E-state index contributed by atoms with van der Waals surface area (Å²) in [6.45, 7) is 0.439. The van der Waals surface area contributed by atoms with E-state index >= 15 is 0 Å². The average Bonchev–Trinajstić information content (AvgIpc) is 2.64. The second-order valence-corrected chi connectivity index (χ2v) is 6.68. The highest BCUT2D eigenvalue weighted by molar-refractivity contribution is 7.90. The summed E-state index contributed by atoms with van der Waals surface area (Å²) < 4.78 is 22.0. The van der Waals surface area contributed by atoms with Crippen LogP contribution in [0.4, 0.5) is 0 Å². The quantitative estimate of drug-likeness (QED) is 0.584. The van der Waals surface area contributed by atoms with Gasteiger partial charge in [0.2, 0.25) is 0 Å². The zero-order valence-corrected chi connectivity index (χ0v) is 10.3. The normalized spacial score (nSPS) is 18.0. The molecule has 1 rings (SSSR count). The van der Waals surface area contributed by atoms with Gasteiger partial charge in [0.25, 0.3) is 0 Å². The molecule has 0 heterocycles. The lowest BCUT2D eigenvalue weighted by Crippen LogP contribution is -2.34. The van der Waals surface area contributed by atoms with Gasteiger partial charge in [-0.25, -0.2) is 8.42 Å². The predicted molar refractivity (Wildman–Crippen MR) is 62.0 cm³/mol. The van der Waals surface area contributed by atoms with Crippen LogP contribution in [0, 0.1) is 11.3 Å². The van der Waals surface area contributed by atoms with Gasteiger partial charge in [-0.2, -0.15) is 0 Å². The van der Waals surface area contributed by atoms with Crippen LogP contribution in [0.5, 0.6) is 0 Å². The van der Waals surface area contributed by atoms with Crippen molar-refractivity contribution in [2.75, 3.05) is 25.6 Å². The Hall–Kier alpha value is -0.580. The summed E-state index contributed by atoms with van der Waals surface area (Å²) in [5.74, 6) is 1.10. The highest BCUT2D eigenvalue weighted by atomic mass is 32.2. The molecule has 1 N–H and O–H groups in total. The first kappa shape index (κ1) is 12.5. The van der Waals surface area contributed by atoms with E-state index in [0.29, 0.717) is 18.3 Å². The Morgan fingerprint density at radius 2 is 1.93 bits per heavy atom. The van der Waals surface area contributed by atoms with Crippen LogP contribution in [0.2, 0.25) is 0 Å². The van der Waals surface area contributed by atoms with Crippen molar-refractivity contribution in [3.63, 3.8) is 0 Å². The van der Waals surface area contributed by atoms with Gasteiger partial charge in [-0.15, -0.1) is 0 Å². The Kier molecular flexibility index (Phi) is 4.13. The molecule has 1 fully saturated rings. The molecule has 0 saturated heterocycles. The molecule has 1 aliphatic rings. The molecule has 15 heavy (non-hydrogen) atoms. The Balaban J connectivity index is 2.39. The molecule has 0 atom stereocenters. The van der Waals surface area contributed by atoms with Gasteiger partial charge in [-0.05, 0) is 12.8 Å². The molecule has 0 amide bonds. The van der Waals surface area contributed by atoms with E-state index in [9.17, 15) is 8.42 Å². The van der Waals surface area contributed by atoms with Crippen molar-refractivity contribution in [3.05, 3.63) is 0 Å². The molecule has 0 aromatic carbocycles. The third-order valence-corrected chi connectivity index (χ3v) is 3.87. The first-order valence-corrected chi connectivity index (χ1v) is 7.43. The maximum atomic E-state index is 11.0. The van der Waals surface area contributed by atoms with Crippen molar-refractivity contribution < 1.29 is 8.42 Å². The molecule has 88 valence electrons. The summed E-state index contributed by atoms with van der Waals surface area (Å²) in [7, 11) is -1.10. The standard InChI is InChI=1S/C10H20N2O2S/c1-12(7-8-15(2,13)14)10(11)9-5-3-4-6-9/h9,11H,3-8H2,1-2H3. The summed E-state index contributed by atoms with van der Waals surface area (Å²) >= 11 is 0. The van der Waals surface area contributed by atoms with E-state index in [1.807, 2.05) is 7.05 Å². The predicted octanol–water partition coefficient (Wildman–Crippen LogP) is 1.13. The number of amidine groups is 1. The van der Waals surface area contributed by atoms with Gasteiger partial charge >= 0.3 is 0 Å². The maximum absolute atomic E-state index is 11.0. The first-order chi connectivity index (χ1) is 6.90. The van der Waals surface area contributed by atoms with Crippen LogP contribution in [0.1, 0.15) is 25.7 Å². The van der Waals surface area contributed by atoms with Crippen LogP contribution >= 0.6 is 0 Å². The summed E-state index contributed by atoms with van der Waals surface area (Å²) in [5.41, 5.74) is 0. The highest BCUT2D eigenvalue weighted by Gasteiger charge is 2.22. The van der Waals surface area contributed by atoms with Crippen molar-refractivity contribution in [3.8, 4) is 0 Å². The lowest BCUT2D eigenvalue weighted by atomic mass is 10.1. The van der Waals surface area contributed by atoms with E-state index in [0.717, 1.165) is 12.8 Å². The lowest BCUT2D eigenvalue weighted by molar-refractivity contribution is 0.480. The Bertz CT molecular complexity index is 318. The molecular weight excluding hydrogens is 212 g/mol. The largest absolute Gasteiger partial charge is 0.362 e. The Labute approximate surface area is 92.1 Å². The zero-order valence-electron chi connectivity index (χ0n) is 9.49. The summed E-state index contributed by atoms with van der Waals surface area (Å²) in [6, 6.07) is 0. The van der Waals surface area contributed by atoms with Gasteiger partial charge < -0.3 is 4.90 Å². The fourth-order valence-electron chi connectivity index (χ4n) is 1.93. The van der Waals surface area contributed by atoms with Crippen molar-refractivity contribution in [1.29, 1.82) is 5.41 Å². The lowest BCUT2D eigenvalue weighted by Gasteiger charge is -2.23. The van der Waals surface area contributed by atoms with Gasteiger partial charge in [0.15, 0.2) is 0 Å². The van der Waals surface area contributed by atoms with Crippen molar-refractivity contribution in [2.24, 2.45) is 5.92 Å². The molecule has 0 aromatic heterocycles. The minimum absolute atomic E-state index is 0.137. The van der Waals surface area contributed by atoms with Crippen LogP contribution in [0.25, 0.3) is 0 Å². The van der Waals surface area contributed by atoms with Gasteiger partial charge in [0.05, 0.1) is 11.6 Å². The van der Waals surface area contributed by atoms with E-state index in [4.69, 9.17) is 5.41 Å². The molecule has 0 unspecified atom stereocenters. The van der Waals surface area contributed by atoms with Gasteiger partial charge in [0.1, 0.15) is 9.84 Å². The number of hydrogen-bond acceptors (Lipinski definition) is 3. The van der Waals surface area contributed by atoms with Crippen LogP contribution < -0.4 is 0 Å². The third-order valence-electron chi connectivity index (χ3n) is 2.95. The van der Waals surface area contributed by atoms with Crippen LogP contribution in [0.3, 0.4) is 0 Å².